The Labute approximate surface area is 223 Å². The number of ether oxygens (including phenoxy) is 1. The zero-order chi connectivity index (χ0) is 25.9. The number of likely N-dealkylation sites (tertiary alicyclic amines) is 1. The minimum absolute atomic E-state index is 0.132. The van der Waals surface area contributed by atoms with E-state index in [1.54, 1.807) is 6.20 Å². The van der Waals surface area contributed by atoms with E-state index in [0.29, 0.717) is 43.0 Å². The van der Waals surface area contributed by atoms with E-state index >= 15 is 0 Å². The van der Waals surface area contributed by atoms with Crippen molar-refractivity contribution >= 4 is 40.0 Å². The number of nitrogens with zero attached hydrogens (tertiary/aromatic N) is 5. The highest BCUT2D eigenvalue weighted by Gasteiger charge is 2.24. The predicted octanol–water partition coefficient (Wildman–Crippen LogP) is 3.86. The average molecular weight is 526 g/mol. The van der Waals surface area contributed by atoms with Crippen molar-refractivity contribution in [3.05, 3.63) is 35.5 Å². The summed E-state index contributed by atoms with van der Waals surface area (Å²) in [6.45, 7) is 9.23. The fraction of sp³-hybridized carbons (Fsp3) is 0.519. The molecule has 10 heteroatoms. The number of H-pyrrole nitrogens is 1. The molecule has 2 aliphatic heterocycles. The number of pyridine rings is 1. The van der Waals surface area contributed by atoms with Crippen molar-refractivity contribution < 1.29 is 9.53 Å². The standard InChI is InChI=1S/C27H36ClN7O2/c1-18(2)37-15-14-34-12-13-35(17-23(34)36)21-6-4-19(5-7-21)26-31-25-24(22(28)16-29-27(25)32-26)30-20-8-10-33(3)11-9-20/h4-7,16,18,20H,8-15,17H2,1-3H3,(H2,29,30,31,32). The fourth-order valence-electron chi connectivity index (χ4n) is 4.96. The van der Waals surface area contributed by atoms with E-state index in [0.717, 1.165) is 60.8 Å². The lowest BCUT2D eigenvalue weighted by Gasteiger charge is -2.35. The molecule has 0 saturated carbocycles. The normalized spacial score (nSPS) is 17.8. The second kappa shape index (κ2) is 11.2. The second-order valence-electron chi connectivity index (χ2n) is 10.3. The van der Waals surface area contributed by atoms with Crippen molar-refractivity contribution in [2.75, 3.05) is 63.1 Å². The molecule has 1 amide bonds. The molecule has 0 atom stereocenters. The maximum atomic E-state index is 12.6. The zero-order valence-electron chi connectivity index (χ0n) is 21.8. The summed E-state index contributed by atoms with van der Waals surface area (Å²) in [6.07, 6.45) is 3.99. The number of fused-ring (bicyclic) bond motifs is 1. The van der Waals surface area contributed by atoms with Crippen molar-refractivity contribution in [1.82, 2.24) is 24.8 Å². The van der Waals surface area contributed by atoms with Crippen LogP contribution >= 0.6 is 11.6 Å². The molecule has 2 N–H and O–H groups in total. The van der Waals surface area contributed by atoms with Crippen LogP contribution in [-0.2, 0) is 9.53 Å². The van der Waals surface area contributed by atoms with Crippen LogP contribution in [0.5, 0.6) is 0 Å². The predicted molar refractivity (Wildman–Crippen MR) is 148 cm³/mol. The van der Waals surface area contributed by atoms with Crippen molar-refractivity contribution in [2.24, 2.45) is 0 Å². The van der Waals surface area contributed by atoms with E-state index in [-0.39, 0.29) is 12.0 Å². The molecule has 4 heterocycles. The Balaban J connectivity index is 1.27. The van der Waals surface area contributed by atoms with Gasteiger partial charge in [0, 0.05) is 36.9 Å². The number of hydrogen-bond donors (Lipinski definition) is 2. The topological polar surface area (TPSA) is 89.6 Å². The molecule has 3 aromatic rings. The number of aromatic amines is 1. The minimum Gasteiger partial charge on any atom is -0.379 e. The van der Waals surface area contributed by atoms with E-state index in [9.17, 15) is 4.79 Å². The van der Waals surface area contributed by atoms with Gasteiger partial charge >= 0.3 is 0 Å². The number of hydrogen-bond acceptors (Lipinski definition) is 7. The quantitative estimate of drug-likeness (QED) is 0.461. The van der Waals surface area contributed by atoms with Gasteiger partial charge < -0.3 is 29.7 Å². The van der Waals surface area contributed by atoms with E-state index < -0.39 is 0 Å². The number of piperidine rings is 1. The van der Waals surface area contributed by atoms with Gasteiger partial charge in [-0.3, -0.25) is 4.79 Å². The van der Waals surface area contributed by atoms with Gasteiger partial charge in [-0.05, 0) is 71.1 Å². The first kappa shape index (κ1) is 25.8. The van der Waals surface area contributed by atoms with Gasteiger partial charge in [-0.1, -0.05) is 11.6 Å². The Hall–Kier alpha value is -2.88. The third-order valence-corrected chi connectivity index (χ3v) is 7.46. The van der Waals surface area contributed by atoms with Gasteiger partial charge in [-0.25, -0.2) is 9.97 Å². The summed E-state index contributed by atoms with van der Waals surface area (Å²) in [4.78, 5) is 31.6. The van der Waals surface area contributed by atoms with Crippen LogP contribution in [0.2, 0.25) is 5.02 Å². The number of amides is 1. The van der Waals surface area contributed by atoms with Crippen molar-refractivity contribution in [2.45, 2.75) is 38.8 Å². The average Bonchev–Trinajstić information content (AvgIpc) is 3.32. The van der Waals surface area contributed by atoms with Crippen LogP contribution in [0.15, 0.2) is 30.5 Å². The maximum Gasteiger partial charge on any atom is 0.242 e. The summed E-state index contributed by atoms with van der Waals surface area (Å²) in [5, 5.41) is 4.23. The molecular formula is C27H36ClN7O2. The van der Waals surface area contributed by atoms with Crippen molar-refractivity contribution in [1.29, 1.82) is 0 Å². The number of carbonyl (C=O) groups excluding carboxylic acids is 1. The number of rotatable bonds is 8. The van der Waals surface area contributed by atoms with Crippen LogP contribution in [-0.4, -0.2) is 95.7 Å². The molecule has 37 heavy (non-hydrogen) atoms. The summed E-state index contributed by atoms with van der Waals surface area (Å²) in [6, 6.07) is 8.53. The lowest BCUT2D eigenvalue weighted by molar-refractivity contribution is -0.132. The molecule has 2 aromatic heterocycles. The smallest absolute Gasteiger partial charge is 0.242 e. The van der Waals surface area contributed by atoms with Gasteiger partial charge in [0.2, 0.25) is 5.91 Å². The minimum atomic E-state index is 0.132. The molecular weight excluding hydrogens is 490 g/mol. The van der Waals surface area contributed by atoms with Gasteiger partial charge in [0.1, 0.15) is 11.3 Å². The van der Waals surface area contributed by atoms with Crippen molar-refractivity contribution in [3.63, 3.8) is 0 Å². The molecule has 0 radical (unpaired) electrons. The summed E-state index contributed by atoms with van der Waals surface area (Å²) in [5.74, 6) is 0.876. The van der Waals surface area contributed by atoms with Gasteiger partial charge in [-0.2, -0.15) is 0 Å². The van der Waals surface area contributed by atoms with Crippen LogP contribution in [0.4, 0.5) is 11.4 Å². The Bertz CT molecular complexity index is 1220. The first-order valence-electron chi connectivity index (χ1n) is 13.1. The molecule has 0 aliphatic carbocycles. The number of nitrogens with one attached hydrogen (secondary N) is 2. The fourth-order valence-corrected chi connectivity index (χ4v) is 5.16. The molecule has 0 bridgehead atoms. The number of piperazine rings is 1. The second-order valence-corrected chi connectivity index (χ2v) is 10.7. The van der Waals surface area contributed by atoms with E-state index in [2.05, 4.69) is 32.1 Å². The van der Waals surface area contributed by atoms with E-state index in [1.807, 2.05) is 43.0 Å². The number of aromatic nitrogens is 3. The summed E-state index contributed by atoms with van der Waals surface area (Å²) in [5.41, 5.74) is 4.32. The van der Waals surface area contributed by atoms with Crippen LogP contribution in [0, 0.1) is 0 Å². The van der Waals surface area contributed by atoms with Crippen LogP contribution in [0.25, 0.3) is 22.6 Å². The van der Waals surface area contributed by atoms with Crippen LogP contribution in [0.1, 0.15) is 26.7 Å². The van der Waals surface area contributed by atoms with Gasteiger partial charge in [0.05, 0.1) is 36.2 Å². The Morgan fingerprint density at radius 3 is 2.62 bits per heavy atom. The van der Waals surface area contributed by atoms with E-state index in [4.69, 9.17) is 21.3 Å². The molecule has 2 saturated heterocycles. The Morgan fingerprint density at radius 1 is 1.16 bits per heavy atom. The third kappa shape index (κ3) is 6.00. The van der Waals surface area contributed by atoms with Crippen LogP contribution in [0.3, 0.4) is 0 Å². The van der Waals surface area contributed by atoms with Crippen LogP contribution < -0.4 is 10.2 Å². The summed E-state index contributed by atoms with van der Waals surface area (Å²) < 4.78 is 5.60. The number of benzene rings is 1. The summed E-state index contributed by atoms with van der Waals surface area (Å²) >= 11 is 6.55. The lowest BCUT2D eigenvalue weighted by Crippen LogP contribution is -2.51. The SMILES string of the molecule is CC(C)OCCN1CCN(c2ccc(-c3nc4ncc(Cl)c(NC5CCN(C)CC5)c4[nH]3)cc2)CC1=O. The Morgan fingerprint density at radius 2 is 1.92 bits per heavy atom. The molecule has 9 nitrogen and oxygen atoms in total. The number of halogens is 1. The Kier molecular flexibility index (Phi) is 7.83. The number of imidazole rings is 1. The van der Waals surface area contributed by atoms with Gasteiger partial charge in [-0.15, -0.1) is 0 Å². The number of carbonyl (C=O) groups is 1. The lowest BCUT2D eigenvalue weighted by atomic mass is 10.1. The highest BCUT2D eigenvalue weighted by atomic mass is 35.5. The highest BCUT2D eigenvalue weighted by molar-refractivity contribution is 6.34. The zero-order valence-corrected chi connectivity index (χ0v) is 22.6. The number of anilines is 2. The van der Waals surface area contributed by atoms with Crippen molar-refractivity contribution in [3.8, 4) is 11.4 Å². The molecule has 1 aromatic carbocycles. The maximum absolute atomic E-state index is 12.6. The summed E-state index contributed by atoms with van der Waals surface area (Å²) in [7, 11) is 2.16. The first-order chi connectivity index (χ1) is 17.9. The highest BCUT2D eigenvalue weighted by Crippen LogP contribution is 2.32. The first-order valence-corrected chi connectivity index (χ1v) is 13.5. The largest absolute Gasteiger partial charge is 0.379 e. The molecule has 0 unspecified atom stereocenters. The third-order valence-electron chi connectivity index (χ3n) is 7.18. The molecule has 2 fully saturated rings. The monoisotopic (exact) mass is 525 g/mol. The molecule has 0 spiro atoms. The molecule has 2 aliphatic rings. The van der Waals surface area contributed by atoms with Gasteiger partial charge in [0.15, 0.2) is 5.65 Å². The van der Waals surface area contributed by atoms with Gasteiger partial charge in [0.25, 0.3) is 0 Å². The molecule has 198 valence electrons. The molecule has 5 rings (SSSR count). The van der Waals surface area contributed by atoms with E-state index in [1.165, 1.54) is 0 Å².